The van der Waals surface area contributed by atoms with E-state index in [1.807, 2.05) is 6.08 Å². The van der Waals surface area contributed by atoms with Crippen molar-refractivity contribution in [2.24, 2.45) is 0 Å². The molecule has 12 nitrogen and oxygen atoms in total. The molecule has 4 aromatic carbocycles. The summed E-state index contributed by atoms with van der Waals surface area (Å²) in [4.78, 5) is 44.7. The summed E-state index contributed by atoms with van der Waals surface area (Å²) in [6.07, 6.45) is 80.5. The molecule has 0 unspecified atom stereocenters. The van der Waals surface area contributed by atoms with E-state index < -0.39 is 29.6 Å². The summed E-state index contributed by atoms with van der Waals surface area (Å²) in [6.45, 7) is 15.6. The first-order valence-corrected chi connectivity index (χ1v) is 43.1. The molecule has 0 amide bonds. The maximum Gasteiger partial charge on any atom is 0.335 e. The molecule has 0 aliphatic heterocycles. The summed E-state index contributed by atoms with van der Waals surface area (Å²) >= 11 is 0. The SMILES string of the molecule is C.C.C.C.C#CC#CC#CC#CC.C=CC/C=C\C/C=C\CCCCCCCc1cccc([O-])c1C(=O)O.CC#CC#CC#CC.CCC/C=C\C/C=C\CCCCCCCc1cccc([O-])c1C(=O)O.CCCCCC/C=C\CCCCCCCc1cccc([O-])c1C(=O)O.CCCCCCCCCCCCCCCc1cccc([O-])c1C(=O)O. The second kappa shape index (κ2) is 91.6. The van der Waals surface area contributed by atoms with Crippen molar-refractivity contribution in [3.8, 4) is 106 Å². The molecule has 0 aliphatic rings. The molecular weight excluding hydrogens is 1500 g/mol. The van der Waals surface area contributed by atoms with E-state index in [0.717, 1.165) is 103 Å². The van der Waals surface area contributed by atoms with E-state index in [4.69, 9.17) is 26.8 Å². The fourth-order valence-electron chi connectivity index (χ4n) is 12.3. The first-order chi connectivity index (χ1) is 57.0. The standard InChI is InChI=1S/C22H36O3.C22H34O3.C22H32O3.C22H30O3.C9H4.C8H6.4CH4/c4*1-2-3-4-5-6-7-8-9-10-11-12-13-14-16-19-17-15-18-20(23)21(19)22(24)25;1-3-5-7-9-8-6-4-2;1-3-5-7-8-6-4-2;;;;/h15,17-18,23H,2-14,16H2,1H3,(H,24,25);7-8,15,17-18,23H,2-6,9-14,16H2,1H3,(H,24,25);4-5,7-8,15,17-18,23H,2-3,6,9-14,16H2,1H3,(H,24,25);2,4-5,7-8,15,17-18,23H,1,3,6,9-14,16H2,(H,24,25);1H,2H3;1-2H3;4*1H4/p-4/b;8-7-;2*5-4-,8-7-;;;;;;. The third-order valence-corrected chi connectivity index (χ3v) is 18.6. The van der Waals surface area contributed by atoms with Gasteiger partial charge in [-0.1, -0.05) is 391 Å². The van der Waals surface area contributed by atoms with Gasteiger partial charge >= 0.3 is 23.9 Å². The van der Waals surface area contributed by atoms with Crippen molar-refractivity contribution in [1.82, 2.24) is 0 Å². The Morgan fingerprint density at radius 3 is 0.760 bits per heavy atom. The first kappa shape index (κ1) is 121. The van der Waals surface area contributed by atoms with Gasteiger partial charge in [-0.05, 0) is 231 Å². The van der Waals surface area contributed by atoms with Crippen LogP contribution in [0.25, 0.3) is 0 Å². The van der Waals surface area contributed by atoms with Crippen molar-refractivity contribution in [3.05, 3.63) is 191 Å². The number of carboxylic acid groups (broad SMARTS) is 4. The molecule has 0 saturated carbocycles. The fraction of sp³-hybridized carbons (Fsp3) is 0.505. The zero-order valence-corrected chi connectivity index (χ0v) is 71.9. The molecule has 666 valence electrons. The molecule has 12 heteroatoms. The molecule has 0 radical (unpaired) electrons. The largest absolute Gasteiger partial charge is 0.872 e. The van der Waals surface area contributed by atoms with Gasteiger partial charge in [0.15, 0.2) is 0 Å². The molecule has 0 spiro atoms. The van der Waals surface area contributed by atoms with E-state index >= 15 is 0 Å². The third kappa shape index (κ3) is 71.9. The Bertz CT molecular complexity index is 3920. The molecule has 0 heterocycles. The molecule has 4 aromatic rings. The molecule has 121 heavy (non-hydrogen) atoms. The number of unbranched alkanes of at least 4 members (excludes halogenated alkanes) is 32. The number of carboxylic acids is 4. The van der Waals surface area contributed by atoms with E-state index in [2.05, 4.69) is 165 Å². The van der Waals surface area contributed by atoms with E-state index in [0.29, 0.717) is 47.9 Å². The summed E-state index contributed by atoms with van der Waals surface area (Å²) in [5.41, 5.74) is 2.48. The van der Waals surface area contributed by atoms with Crippen molar-refractivity contribution in [1.29, 1.82) is 0 Å². The number of terminal acetylenes is 1. The van der Waals surface area contributed by atoms with Crippen molar-refractivity contribution in [2.75, 3.05) is 0 Å². The highest BCUT2D eigenvalue weighted by molar-refractivity contribution is 5.94. The van der Waals surface area contributed by atoms with Crippen molar-refractivity contribution >= 4 is 23.9 Å². The second-order valence-corrected chi connectivity index (χ2v) is 28.3. The van der Waals surface area contributed by atoms with Crippen LogP contribution < -0.4 is 20.4 Å². The summed E-state index contributed by atoms with van der Waals surface area (Å²) in [5.74, 6) is 26.5. The zero-order chi connectivity index (χ0) is 86.5. The number of rotatable bonds is 55. The second-order valence-electron chi connectivity index (χ2n) is 28.3. The molecule has 0 aromatic heterocycles. The van der Waals surface area contributed by atoms with E-state index in [9.17, 15) is 39.6 Å². The Kier molecular flexibility index (Phi) is 91.7. The Hall–Kier alpha value is -10.7. The highest BCUT2D eigenvalue weighted by atomic mass is 16.4. The molecule has 4 N–H and O–H groups in total. The topological polar surface area (TPSA) is 241 Å². The van der Waals surface area contributed by atoms with Gasteiger partial charge in [0, 0.05) is 0 Å². The lowest BCUT2D eigenvalue weighted by atomic mass is 9.99. The van der Waals surface area contributed by atoms with Crippen molar-refractivity contribution < 1.29 is 60.0 Å². The Morgan fingerprint density at radius 1 is 0.298 bits per heavy atom. The molecule has 0 saturated heterocycles. The minimum absolute atomic E-state index is 0. The van der Waals surface area contributed by atoms with Crippen LogP contribution in [0, 0.1) is 83.4 Å². The number of aryl methyl sites for hydroxylation is 4. The molecule has 0 aliphatic carbocycles. The van der Waals surface area contributed by atoms with Crippen LogP contribution in [0.5, 0.6) is 23.0 Å². The van der Waals surface area contributed by atoms with Gasteiger partial charge in [0.25, 0.3) is 0 Å². The maximum absolute atomic E-state index is 11.6. The van der Waals surface area contributed by atoms with Gasteiger partial charge in [0.2, 0.25) is 0 Å². The minimum Gasteiger partial charge on any atom is -0.872 e. The average molecular weight is 1660 g/mol. The first-order valence-electron chi connectivity index (χ1n) is 43.1. The number of benzene rings is 4. The van der Waals surface area contributed by atoms with Gasteiger partial charge in [-0.2, -0.15) is 0 Å². The van der Waals surface area contributed by atoms with E-state index in [1.165, 1.54) is 185 Å². The van der Waals surface area contributed by atoms with Crippen LogP contribution in [-0.4, -0.2) is 44.3 Å². The van der Waals surface area contributed by atoms with Crippen molar-refractivity contribution in [2.45, 2.75) is 360 Å². The van der Waals surface area contributed by atoms with Crippen LogP contribution in [0.1, 0.15) is 398 Å². The van der Waals surface area contributed by atoms with Gasteiger partial charge in [-0.3, -0.25) is 0 Å². The Balaban J connectivity index is -0.000000338. The quantitative estimate of drug-likeness (QED) is 0.0183. The minimum atomic E-state index is -1.12. The lowest BCUT2D eigenvalue weighted by molar-refractivity contribution is -0.269. The summed E-state index contributed by atoms with van der Waals surface area (Å²) in [6, 6.07) is 18.9. The monoisotopic (exact) mass is 1660 g/mol. The van der Waals surface area contributed by atoms with Crippen LogP contribution in [-0.2, 0) is 25.7 Å². The van der Waals surface area contributed by atoms with Crippen LogP contribution >= 0.6 is 0 Å². The van der Waals surface area contributed by atoms with Crippen LogP contribution in [0.4, 0.5) is 0 Å². The number of carbonyl (C=O) groups is 4. The molecule has 4 rings (SSSR count). The Labute approximate surface area is 737 Å². The smallest absolute Gasteiger partial charge is 0.335 e. The van der Waals surface area contributed by atoms with Gasteiger partial charge in [-0.25, -0.2) is 19.2 Å². The highest BCUT2D eigenvalue weighted by Crippen LogP contribution is 2.26. The molecule has 0 fully saturated rings. The van der Waals surface area contributed by atoms with Crippen LogP contribution in [0.2, 0.25) is 0 Å². The van der Waals surface area contributed by atoms with Crippen LogP contribution in [0.15, 0.2) is 146 Å². The maximum atomic E-state index is 11.6. The van der Waals surface area contributed by atoms with Gasteiger partial charge < -0.3 is 40.9 Å². The number of hydrogen-bond acceptors (Lipinski definition) is 8. The fourth-order valence-corrected chi connectivity index (χ4v) is 12.3. The predicted octanol–water partition coefficient (Wildman–Crippen LogP) is 27.3. The predicted molar refractivity (Wildman–Crippen MR) is 508 cm³/mol. The zero-order valence-electron chi connectivity index (χ0n) is 71.9. The lowest BCUT2D eigenvalue weighted by Gasteiger charge is -2.14. The number of aromatic carboxylic acids is 4. The summed E-state index contributed by atoms with van der Waals surface area (Å²) in [7, 11) is 0. The van der Waals surface area contributed by atoms with Gasteiger partial charge in [-0.15, -0.1) is 13.0 Å². The molecule has 0 bridgehead atoms. The van der Waals surface area contributed by atoms with E-state index in [-0.39, 0.29) is 69.2 Å². The highest BCUT2D eigenvalue weighted by Gasteiger charge is 2.14. The third-order valence-electron chi connectivity index (χ3n) is 18.6. The average Bonchev–Trinajstić information content (AvgIpc) is 0.867. The van der Waals surface area contributed by atoms with Gasteiger partial charge in [0.1, 0.15) is 0 Å². The molecular formula is C109H154O12-4. The Morgan fingerprint density at radius 2 is 0.512 bits per heavy atom. The lowest BCUT2D eigenvalue weighted by Crippen LogP contribution is -2.08. The van der Waals surface area contributed by atoms with Crippen LogP contribution in [0.3, 0.4) is 0 Å². The number of allylic oxidation sites excluding steroid dienone is 11. The van der Waals surface area contributed by atoms with Crippen molar-refractivity contribution in [3.63, 3.8) is 0 Å². The normalized spacial score (nSPS) is 9.83. The number of hydrogen-bond donors (Lipinski definition) is 4. The van der Waals surface area contributed by atoms with E-state index in [1.54, 1.807) is 69.3 Å². The van der Waals surface area contributed by atoms with Gasteiger partial charge in [0.05, 0.1) is 22.3 Å². The molecule has 0 atom stereocenters. The summed E-state index contributed by atoms with van der Waals surface area (Å²) < 4.78 is 0. The summed E-state index contributed by atoms with van der Waals surface area (Å²) in [5, 5.41) is 83.1.